The molecule has 1 aromatic carbocycles. The lowest BCUT2D eigenvalue weighted by Gasteiger charge is -2.16. The summed E-state index contributed by atoms with van der Waals surface area (Å²) in [5, 5.41) is 10.2. The van der Waals surface area contributed by atoms with Gasteiger partial charge in [-0.1, -0.05) is 12.1 Å². The number of nitriles is 1. The maximum atomic E-state index is 14.5. The normalized spacial score (nSPS) is 10.8. The van der Waals surface area contributed by atoms with Crippen LogP contribution in [-0.4, -0.2) is 27.6 Å². The number of pyridine rings is 2. The number of hydrogen-bond donors (Lipinski definition) is 2. The molecule has 4 rings (SSSR count). The van der Waals surface area contributed by atoms with Crippen molar-refractivity contribution in [2.45, 2.75) is 6.92 Å². The van der Waals surface area contributed by atoms with E-state index in [0.717, 1.165) is 5.56 Å². The summed E-state index contributed by atoms with van der Waals surface area (Å²) in [5.74, 6) is -0.956. The van der Waals surface area contributed by atoms with Gasteiger partial charge in [-0.15, -0.1) is 0 Å². The fourth-order valence-corrected chi connectivity index (χ4v) is 3.65. The summed E-state index contributed by atoms with van der Waals surface area (Å²) in [7, 11) is 1.54. The maximum Gasteiger partial charge on any atom is 0.269 e. The Morgan fingerprint density at radius 2 is 2.06 bits per heavy atom. The molecule has 0 fully saturated rings. The third-order valence-electron chi connectivity index (χ3n) is 5.07. The molecule has 8 nitrogen and oxygen atoms in total. The number of nitrogen functional groups attached to an aromatic ring is 1. The molecule has 31 heavy (non-hydrogen) atoms. The largest absolute Gasteiger partial charge is 0.496 e. The first-order chi connectivity index (χ1) is 14.9. The van der Waals surface area contributed by atoms with Gasteiger partial charge in [-0.05, 0) is 36.2 Å². The Hall–Kier alpha value is -4.45. The van der Waals surface area contributed by atoms with Gasteiger partial charge in [0.05, 0.1) is 18.4 Å². The predicted molar refractivity (Wildman–Crippen MR) is 113 cm³/mol. The van der Waals surface area contributed by atoms with Crippen LogP contribution in [0.1, 0.15) is 21.6 Å². The molecule has 0 saturated heterocycles. The van der Waals surface area contributed by atoms with Crippen LogP contribution >= 0.6 is 0 Å². The highest BCUT2D eigenvalue weighted by atomic mass is 19.1. The van der Waals surface area contributed by atoms with Crippen LogP contribution in [0.25, 0.3) is 28.0 Å². The van der Waals surface area contributed by atoms with E-state index in [1.165, 1.54) is 36.2 Å². The van der Waals surface area contributed by atoms with E-state index >= 15 is 0 Å². The van der Waals surface area contributed by atoms with Gasteiger partial charge in [-0.3, -0.25) is 9.36 Å². The van der Waals surface area contributed by atoms with E-state index in [4.69, 9.17) is 16.2 Å². The van der Waals surface area contributed by atoms with Gasteiger partial charge in [0.25, 0.3) is 5.91 Å². The van der Waals surface area contributed by atoms with Gasteiger partial charge in [0.2, 0.25) is 0 Å². The molecule has 0 atom stereocenters. The number of halogens is 1. The number of nitrogens with two attached hydrogens (primary N) is 2. The van der Waals surface area contributed by atoms with E-state index in [2.05, 4.69) is 16.0 Å². The number of rotatable bonds is 4. The molecular weight excluding hydrogens is 399 g/mol. The van der Waals surface area contributed by atoms with Crippen LogP contribution < -0.4 is 16.2 Å². The lowest BCUT2D eigenvalue weighted by molar-refractivity contribution is 0.0997. The van der Waals surface area contributed by atoms with E-state index < -0.39 is 11.7 Å². The third-order valence-corrected chi connectivity index (χ3v) is 5.07. The molecule has 3 heterocycles. The molecule has 0 unspecified atom stereocenters. The number of hydrogen-bond acceptors (Lipinski definition) is 6. The molecule has 3 aromatic heterocycles. The fraction of sp³-hybridized carbons (Fsp3) is 0.0909. The summed E-state index contributed by atoms with van der Waals surface area (Å²) in [6, 6.07) is 10.1. The SMILES string of the molecule is COc1cccc(-c2c(N)c(C(N)=O)nc3c2c(C#N)cn3-c2ncccc2F)c1C. The third kappa shape index (κ3) is 3.02. The summed E-state index contributed by atoms with van der Waals surface area (Å²) < 4.78 is 21.2. The summed E-state index contributed by atoms with van der Waals surface area (Å²) in [6.07, 6.45) is 2.82. The minimum absolute atomic E-state index is 0.0205. The summed E-state index contributed by atoms with van der Waals surface area (Å²) >= 11 is 0. The zero-order chi connectivity index (χ0) is 22.3. The molecule has 0 bridgehead atoms. The highest BCUT2D eigenvalue weighted by molar-refractivity contribution is 6.10. The van der Waals surface area contributed by atoms with Crippen molar-refractivity contribution >= 4 is 22.6 Å². The smallest absolute Gasteiger partial charge is 0.269 e. The van der Waals surface area contributed by atoms with Gasteiger partial charge in [-0.2, -0.15) is 5.26 Å². The van der Waals surface area contributed by atoms with Crippen molar-refractivity contribution in [2.24, 2.45) is 5.73 Å². The Morgan fingerprint density at radius 1 is 1.29 bits per heavy atom. The second-order valence-electron chi connectivity index (χ2n) is 6.78. The van der Waals surface area contributed by atoms with E-state index in [-0.39, 0.29) is 28.4 Å². The van der Waals surface area contributed by atoms with Crippen LogP contribution in [-0.2, 0) is 0 Å². The van der Waals surface area contributed by atoms with Crippen molar-refractivity contribution in [1.82, 2.24) is 14.5 Å². The van der Waals surface area contributed by atoms with Gasteiger partial charge < -0.3 is 16.2 Å². The van der Waals surface area contributed by atoms with Gasteiger partial charge in [0, 0.05) is 23.3 Å². The van der Waals surface area contributed by atoms with Crippen LogP contribution in [0.2, 0.25) is 0 Å². The van der Waals surface area contributed by atoms with Gasteiger partial charge in [0.15, 0.2) is 17.3 Å². The molecule has 154 valence electrons. The number of ether oxygens (including phenoxy) is 1. The monoisotopic (exact) mass is 416 g/mol. The first kappa shape index (κ1) is 19.8. The van der Waals surface area contributed by atoms with Crippen LogP contribution in [0, 0.1) is 24.1 Å². The molecule has 0 aliphatic rings. The van der Waals surface area contributed by atoms with Crippen molar-refractivity contribution in [3.8, 4) is 28.8 Å². The average Bonchev–Trinajstić information content (AvgIpc) is 3.12. The molecule has 4 aromatic rings. The number of anilines is 1. The number of carbonyl (C=O) groups is 1. The van der Waals surface area contributed by atoms with Gasteiger partial charge >= 0.3 is 0 Å². The first-order valence-electron chi connectivity index (χ1n) is 9.18. The van der Waals surface area contributed by atoms with E-state index in [9.17, 15) is 14.4 Å². The average molecular weight is 416 g/mol. The van der Waals surface area contributed by atoms with Crippen LogP contribution in [0.3, 0.4) is 0 Å². The molecule has 0 aliphatic carbocycles. The number of benzene rings is 1. The zero-order valence-electron chi connectivity index (χ0n) is 16.7. The Labute approximate surface area is 176 Å². The molecular formula is C22H17FN6O2. The lowest BCUT2D eigenvalue weighted by Crippen LogP contribution is -2.17. The minimum atomic E-state index is -0.853. The van der Waals surface area contributed by atoms with Crippen LogP contribution in [0.5, 0.6) is 5.75 Å². The van der Waals surface area contributed by atoms with Crippen molar-refractivity contribution < 1.29 is 13.9 Å². The number of primary amides is 1. The van der Waals surface area contributed by atoms with Crippen molar-refractivity contribution in [3.05, 3.63) is 65.4 Å². The molecule has 0 spiro atoms. The summed E-state index contributed by atoms with van der Waals surface area (Å²) in [4.78, 5) is 20.5. The number of aromatic nitrogens is 3. The van der Waals surface area contributed by atoms with E-state index in [1.54, 1.807) is 18.2 Å². The number of carbonyl (C=O) groups excluding carboxylic acids is 1. The fourth-order valence-electron chi connectivity index (χ4n) is 3.65. The standard InChI is InChI=1S/C22H17FN6O2/c1-11-13(5-3-7-15(11)31-2)17-16-12(9-24)10-29(21-14(23)6-4-8-27-21)22(16)28-19(18(17)25)20(26)30/h3-8,10H,25H2,1-2H3,(H2,26,30). The maximum absolute atomic E-state index is 14.5. The van der Waals surface area contributed by atoms with Crippen molar-refractivity contribution in [3.63, 3.8) is 0 Å². The molecule has 0 radical (unpaired) electrons. The second-order valence-corrected chi connectivity index (χ2v) is 6.78. The van der Waals surface area contributed by atoms with Gasteiger partial charge in [-0.25, -0.2) is 14.4 Å². The summed E-state index contributed by atoms with van der Waals surface area (Å²) in [6.45, 7) is 1.82. The topological polar surface area (TPSA) is 133 Å². The van der Waals surface area contributed by atoms with E-state index in [1.807, 2.05) is 6.92 Å². The van der Waals surface area contributed by atoms with Crippen molar-refractivity contribution in [1.29, 1.82) is 5.26 Å². The predicted octanol–water partition coefficient (Wildman–Crippen LogP) is 3.10. The van der Waals surface area contributed by atoms with Crippen molar-refractivity contribution in [2.75, 3.05) is 12.8 Å². The second kappa shape index (κ2) is 7.42. The Kier molecular flexibility index (Phi) is 4.75. The molecule has 0 aliphatic heterocycles. The van der Waals surface area contributed by atoms with Gasteiger partial charge in [0.1, 0.15) is 17.5 Å². The quantitative estimate of drug-likeness (QED) is 0.525. The first-order valence-corrected chi connectivity index (χ1v) is 9.18. The summed E-state index contributed by atoms with van der Waals surface area (Å²) in [5.41, 5.74) is 13.8. The number of amides is 1. The minimum Gasteiger partial charge on any atom is -0.496 e. The molecule has 0 saturated carbocycles. The number of fused-ring (bicyclic) bond motifs is 1. The molecule has 4 N–H and O–H groups in total. The highest BCUT2D eigenvalue weighted by Crippen LogP contribution is 2.41. The van der Waals surface area contributed by atoms with Crippen LogP contribution in [0.15, 0.2) is 42.7 Å². The van der Waals surface area contributed by atoms with E-state index in [0.29, 0.717) is 22.3 Å². The molecule has 1 amide bonds. The molecule has 9 heteroatoms. The number of nitrogens with zero attached hydrogens (tertiary/aromatic N) is 4. The van der Waals surface area contributed by atoms with Crippen LogP contribution in [0.4, 0.5) is 10.1 Å². The lowest BCUT2D eigenvalue weighted by atomic mass is 9.94. The number of methoxy groups -OCH3 is 1. The zero-order valence-corrected chi connectivity index (χ0v) is 16.7. The Morgan fingerprint density at radius 3 is 2.71 bits per heavy atom. The highest BCUT2D eigenvalue weighted by Gasteiger charge is 2.25. The Bertz CT molecular complexity index is 1400. The Balaban J connectivity index is 2.22.